The number of aromatic nitrogens is 1. The van der Waals surface area contributed by atoms with Gasteiger partial charge in [0.1, 0.15) is 17.9 Å². The van der Waals surface area contributed by atoms with Crippen molar-refractivity contribution in [2.45, 2.75) is 6.61 Å². The van der Waals surface area contributed by atoms with Gasteiger partial charge in [0.15, 0.2) is 12.0 Å². The Morgan fingerprint density at radius 3 is 2.71 bits per heavy atom. The van der Waals surface area contributed by atoms with E-state index in [0.29, 0.717) is 12.9 Å². The molecule has 0 saturated carbocycles. The molecule has 0 unspecified atom stereocenters. The summed E-state index contributed by atoms with van der Waals surface area (Å²) in [7, 11) is 0. The molecule has 0 radical (unpaired) electrons. The van der Waals surface area contributed by atoms with E-state index in [1.54, 1.807) is 0 Å². The van der Waals surface area contributed by atoms with Crippen molar-refractivity contribution in [3.63, 3.8) is 0 Å². The van der Waals surface area contributed by atoms with Crippen LogP contribution >= 0.6 is 0 Å². The Morgan fingerprint density at radius 1 is 1.24 bits per heavy atom. The Morgan fingerprint density at radius 2 is 2.00 bits per heavy atom. The molecular formula is C13H11NO3. The van der Waals surface area contributed by atoms with E-state index in [2.05, 4.69) is 4.98 Å². The molecule has 0 aliphatic rings. The highest BCUT2D eigenvalue weighted by Gasteiger charge is 2.08. The number of hydrogen-bond donors (Lipinski definition) is 1. The first-order chi connectivity index (χ1) is 8.31. The van der Waals surface area contributed by atoms with Crippen LogP contribution in [0.5, 0.6) is 11.5 Å². The lowest BCUT2D eigenvalue weighted by atomic mass is 10.2. The molecule has 4 heteroatoms. The lowest BCUT2D eigenvalue weighted by Gasteiger charge is -2.08. The molecule has 1 N–H and O–H groups in total. The summed E-state index contributed by atoms with van der Waals surface area (Å²) >= 11 is 0. The molecule has 2 rings (SSSR count). The fourth-order valence-electron chi connectivity index (χ4n) is 1.41. The third-order valence-electron chi connectivity index (χ3n) is 2.29. The largest absolute Gasteiger partial charge is 0.505 e. The van der Waals surface area contributed by atoms with Crippen LogP contribution in [0.4, 0.5) is 0 Å². The van der Waals surface area contributed by atoms with Gasteiger partial charge in [-0.1, -0.05) is 30.3 Å². The molecule has 17 heavy (non-hydrogen) atoms. The number of nitrogens with zero attached hydrogens (tertiary/aromatic N) is 1. The van der Waals surface area contributed by atoms with Crippen LogP contribution in [-0.2, 0) is 6.61 Å². The number of rotatable bonds is 4. The number of carbonyl (C=O) groups excluding carboxylic acids is 1. The summed E-state index contributed by atoms with van der Waals surface area (Å²) in [5.41, 5.74) is 1.10. The zero-order valence-electron chi connectivity index (χ0n) is 9.04. The highest BCUT2D eigenvalue weighted by molar-refractivity contribution is 5.82. The summed E-state index contributed by atoms with van der Waals surface area (Å²) in [6, 6.07) is 9.55. The van der Waals surface area contributed by atoms with E-state index in [4.69, 9.17) is 4.74 Å². The first-order valence-corrected chi connectivity index (χ1v) is 5.10. The van der Waals surface area contributed by atoms with Crippen LogP contribution in [0.2, 0.25) is 0 Å². The van der Waals surface area contributed by atoms with Gasteiger partial charge in [0.05, 0.1) is 12.4 Å². The number of hydrogen-bond acceptors (Lipinski definition) is 4. The number of carbonyl (C=O) groups is 1. The lowest BCUT2D eigenvalue weighted by Crippen LogP contribution is -1.99. The number of aldehydes is 1. The van der Waals surface area contributed by atoms with Gasteiger partial charge in [-0.15, -0.1) is 0 Å². The van der Waals surface area contributed by atoms with Crippen molar-refractivity contribution in [1.82, 2.24) is 4.98 Å². The van der Waals surface area contributed by atoms with Crippen LogP contribution in [-0.4, -0.2) is 16.4 Å². The molecule has 0 bridgehead atoms. The number of benzene rings is 1. The number of pyridine rings is 1. The summed E-state index contributed by atoms with van der Waals surface area (Å²) < 4.78 is 5.44. The van der Waals surface area contributed by atoms with Crippen molar-refractivity contribution in [3.05, 3.63) is 53.9 Å². The van der Waals surface area contributed by atoms with Gasteiger partial charge in [0, 0.05) is 0 Å². The van der Waals surface area contributed by atoms with Crippen LogP contribution < -0.4 is 4.74 Å². The fourth-order valence-corrected chi connectivity index (χ4v) is 1.41. The highest BCUT2D eigenvalue weighted by Crippen LogP contribution is 2.24. The van der Waals surface area contributed by atoms with Crippen molar-refractivity contribution >= 4 is 6.29 Å². The Kier molecular flexibility index (Phi) is 3.35. The van der Waals surface area contributed by atoms with E-state index in [0.717, 1.165) is 5.56 Å². The van der Waals surface area contributed by atoms with Crippen LogP contribution in [0, 0.1) is 0 Å². The van der Waals surface area contributed by atoms with Gasteiger partial charge < -0.3 is 9.84 Å². The fraction of sp³-hybridized carbons (Fsp3) is 0.0769. The predicted octanol–water partition coefficient (Wildman–Crippen LogP) is 2.18. The number of aromatic hydroxyl groups is 1. The SMILES string of the molecule is O=Cc1c(O)cncc1OCc1ccccc1. The van der Waals surface area contributed by atoms with Gasteiger partial charge in [-0.25, -0.2) is 0 Å². The quantitative estimate of drug-likeness (QED) is 0.816. The van der Waals surface area contributed by atoms with Gasteiger partial charge in [-0.05, 0) is 5.56 Å². The molecule has 0 saturated heterocycles. The molecule has 86 valence electrons. The first-order valence-electron chi connectivity index (χ1n) is 5.10. The summed E-state index contributed by atoms with van der Waals surface area (Å²) in [6.07, 6.45) is 3.17. The van der Waals surface area contributed by atoms with Gasteiger partial charge in [-0.3, -0.25) is 9.78 Å². The van der Waals surface area contributed by atoms with Crippen molar-refractivity contribution < 1.29 is 14.6 Å². The minimum absolute atomic E-state index is 0.121. The molecule has 1 aromatic heterocycles. The third kappa shape index (κ3) is 2.60. The minimum Gasteiger partial charge on any atom is -0.505 e. The molecule has 0 amide bonds. The molecule has 0 atom stereocenters. The van der Waals surface area contributed by atoms with E-state index in [1.807, 2.05) is 30.3 Å². The second-order valence-corrected chi connectivity index (χ2v) is 3.46. The van der Waals surface area contributed by atoms with Crippen LogP contribution in [0.1, 0.15) is 15.9 Å². The standard InChI is InChI=1S/C13H11NO3/c15-8-11-12(16)6-14-7-13(11)17-9-10-4-2-1-3-5-10/h1-8,16H,9H2. The topological polar surface area (TPSA) is 59.4 Å². The molecular weight excluding hydrogens is 218 g/mol. The van der Waals surface area contributed by atoms with Crippen molar-refractivity contribution in [3.8, 4) is 11.5 Å². The van der Waals surface area contributed by atoms with Gasteiger partial charge in [0.25, 0.3) is 0 Å². The molecule has 1 heterocycles. The summed E-state index contributed by atoms with van der Waals surface area (Å²) in [6.45, 7) is 0.326. The highest BCUT2D eigenvalue weighted by atomic mass is 16.5. The van der Waals surface area contributed by atoms with E-state index in [-0.39, 0.29) is 17.1 Å². The summed E-state index contributed by atoms with van der Waals surface area (Å²) in [5.74, 6) is 0.106. The second kappa shape index (κ2) is 5.12. The van der Waals surface area contributed by atoms with Crippen LogP contribution in [0.3, 0.4) is 0 Å². The normalized spacial score (nSPS) is 9.88. The minimum atomic E-state index is -0.175. The van der Waals surface area contributed by atoms with Crippen molar-refractivity contribution in [1.29, 1.82) is 0 Å². The van der Waals surface area contributed by atoms with E-state index in [9.17, 15) is 9.90 Å². The van der Waals surface area contributed by atoms with E-state index < -0.39 is 0 Å². The monoisotopic (exact) mass is 229 g/mol. The average Bonchev–Trinajstić information content (AvgIpc) is 2.37. The zero-order valence-corrected chi connectivity index (χ0v) is 9.04. The smallest absolute Gasteiger partial charge is 0.157 e. The van der Waals surface area contributed by atoms with Gasteiger partial charge in [0.2, 0.25) is 0 Å². The summed E-state index contributed by atoms with van der Waals surface area (Å²) in [5, 5.41) is 9.41. The number of ether oxygens (including phenoxy) is 1. The Bertz CT molecular complexity index is 511. The van der Waals surface area contributed by atoms with Gasteiger partial charge >= 0.3 is 0 Å². The van der Waals surface area contributed by atoms with E-state index >= 15 is 0 Å². The Balaban J connectivity index is 2.14. The van der Waals surface area contributed by atoms with Crippen LogP contribution in [0.25, 0.3) is 0 Å². The molecule has 0 fully saturated rings. The van der Waals surface area contributed by atoms with Crippen molar-refractivity contribution in [2.75, 3.05) is 0 Å². The first kappa shape index (κ1) is 11.1. The predicted molar refractivity (Wildman–Crippen MR) is 62.1 cm³/mol. The van der Waals surface area contributed by atoms with E-state index in [1.165, 1.54) is 12.4 Å². The molecule has 2 aromatic rings. The maximum atomic E-state index is 10.8. The molecule has 1 aromatic carbocycles. The summed E-state index contributed by atoms with van der Waals surface area (Å²) in [4.78, 5) is 14.6. The van der Waals surface area contributed by atoms with Gasteiger partial charge in [-0.2, -0.15) is 0 Å². The average molecular weight is 229 g/mol. The maximum Gasteiger partial charge on any atom is 0.157 e. The molecule has 0 aliphatic carbocycles. The van der Waals surface area contributed by atoms with Crippen molar-refractivity contribution in [2.24, 2.45) is 0 Å². The molecule has 4 nitrogen and oxygen atoms in total. The molecule has 0 spiro atoms. The van der Waals surface area contributed by atoms with Crippen LogP contribution in [0.15, 0.2) is 42.7 Å². The zero-order chi connectivity index (χ0) is 12.1. The lowest BCUT2D eigenvalue weighted by molar-refractivity contribution is 0.111. The maximum absolute atomic E-state index is 10.8. The third-order valence-corrected chi connectivity index (χ3v) is 2.29. The molecule has 0 aliphatic heterocycles. The Labute approximate surface area is 98.5 Å². The Hall–Kier alpha value is -2.36. The second-order valence-electron chi connectivity index (χ2n) is 3.46.